The van der Waals surface area contributed by atoms with Crippen LogP contribution in [-0.4, -0.2) is 13.1 Å². The molecule has 0 fully saturated rings. The maximum Gasteiger partial charge on any atom is 0.101 e. The van der Waals surface area contributed by atoms with Crippen molar-refractivity contribution in [2.45, 2.75) is 12.8 Å². The van der Waals surface area contributed by atoms with Crippen molar-refractivity contribution in [2.75, 3.05) is 13.1 Å². The second-order valence-electron chi connectivity index (χ2n) is 3.20. The van der Waals surface area contributed by atoms with Gasteiger partial charge in [-0.2, -0.15) is 5.26 Å². The average molecular weight is 161 g/mol. The zero-order valence-corrected chi connectivity index (χ0v) is 6.85. The van der Waals surface area contributed by atoms with Gasteiger partial charge < -0.3 is 11.1 Å². The van der Waals surface area contributed by atoms with Crippen LogP contribution in [0, 0.1) is 11.3 Å². The molecular weight excluding hydrogens is 150 g/mol. The highest BCUT2D eigenvalue weighted by atomic mass is 14.9. The first kappa shape index (κ1) is 7.38. The lowest BCUT2D eigenvalue weighted by molar-refractivity contribution is 0.681. The number of hydrogen-bond donors (Lipinski definition) is 2. The van der Waals surface area contributed by atoms with Crippen molar-refractivity contribution >= 4 is 0 Å². The molecule has 0 bridgehead atoms. The van der Waals surface area contributed by atoms with Gasteiger partial charge in [0.05, 0.1) is 5.57 Å². The predicted octanol–water partition coefficient (Wildman–Crippen LogP) is 0.416. The largest absolute Gasteiger partial charge is 0.401 e. The fourth-order valence-corrected chi connectivity index (χ4v) is 1.84. The highest BCUT2D eigenvalue weighted by molar-refractivity contribution is 5.55. The Morgan fingerprint density at radius 2 is 2.33 bits per heavy atom. The van der Waals surface area contributed by atoms with Gasteiger partial charge in [0.25, 0.3) is 0 Å². The van der Waals surface area contributed by atoms with Gasteiger partial charge in [-0.1, -0.05) is 5.57 Å². The standard InChI is InChI=1S/C9H11N3/c10-4-7-8-5-12-2-1-6(8)3-9(7)11/h12H,1-3,5,11H2. The first-order valence-corrected chi connectivity index (χ1v) is 4.13. The van der Waals surface area contributed by atoms with E-state index in [0.717, 1.165) is 42.8 Å². The lowest BCUT2D eigenvalue weighted by Gasteiger charge is -2.15. The molecule has 0 amide bonds. The Morgan fingerprint density at radius 1 is 1.50 bits per heavy atom. The van der Waals surface area contributed by atoms with E-state index in [9.17, 15) is 0 Å². The third kappa shape index (κ3) is 0.926. The van der Waals surface area contributed by atoms with Crippen molar-refractivity contribution in [3.8, 4) is 6.07 Å². The summed E-state index contributed by atoms with van der Waals surface area (Å²) in [5.74, 6) is 0. The number of rotatable bonds is 0. The van der Waals surface area contributed by atoms with E-state index >= 15 is 0 Å². The topological polar surface area (TPSA) is 61.8 Å². The van der Waals surface area contributed by atoms with E-state index in [1.54, 1.807) is 0 Å². The number of allylic oxidation sites excluding steroid dienone is 1. The molecule has 0 radical (unpaired) electrons. The monoisotopic (exact) mass is 161 g/mol. The summed E-state index contributed by atoms with van der Waals surface area (Å²) in [6.07, 6.45) is 1.86. The molecule has 0 aromatic carbocycles. The number of nitriles is 1. The van der Waals surface area contributed by atoms with Gasteiger partial charge in [-0.05, 0) is 18.5 Å². The summed E-state index contributed by atoms with van der Waals surface area (Å²) in [6, 6.07) is 2.17. The normalized spacial score (nSPS) is 22.6. The minimum absolute atomic E-state index is 0.720. The summed E-state index contributed by atoms with van der Waals surface area (Å²) < 4.78 is 0. The summed E-state index contributed by atoms with van der Waals surface area (Å²) in [6.45, 7) is 1.84. The molecule has 62 valence electrons. The second-order valence-corrected chi connectivity index (χ2v) is 3.20. The number of nitrogens with one attached hydrogen (secondary N) is 1. The molecule has 1 aliphatic carbocycles. The molecule has 0 spiro atoms. The number of hydrogen-bond acceptors (Lipinski definition) is 3. The Bertz CT molecular complexity index is 317. The molecule has 1 heterocycles. The fraction of sp³-hybridized carbons (Fsp3) is 0.444. The Hall–Kier alpha value is -1.27. The average Bonchev–Trinajstić information content (AvgIpc) is 2.40. The molecule has 1 aliphatic heterocycles. The molecule has 3 heteroatoms. The molecule has 2 aliphatic rings. The molecule has 3 nitrogen and oxygen atoms in total. The third-order valence-electron chi connectivity index (χ3n) is 2.47. The zero-order valence-electron chi connectivity index (χ0n) is 6.85. The molecule has 0 atom stereocenters. The molecule has 3 N–H and O–H groups in total. The summed E-state index contributed by atoms with van der Waals surface area (Å²) >= 11 is 0. The van der Waals surface area contributed by atoms with E-state index in [-0.39, 0.29) is 0 Å². The van der Waals surface area contributed by atoms with Gasteiger partial charge in [0, 0.05) is 18.7 Å². The lowest BCUT2D eigenvalue weighted by Crippen LogP contribution is -2.24. The van der Waals surface area contributed by atoms with Crippen LogP contribution in [0.1, 0.15) is 12.8 Å². The Kier molecular flexibility index (Phi) is 1.63. The summed E-state index contributed by atoms with van der Waals surface area (Å²) in [7, 11) is 0. The van der Waals surface area contributed by atoms with E-state index in [1.807, 2.05) is 0 Å². The number of nitrogens with zero attached hydrogens (tertiary/aromatic N) is 1. The van der Waals surface area contributed by atoms with Crippen LogP contribution in [0.4, 0.5) is 0 Å². The lowest BCUT2D eigenvalue weighted by atomic mass is 10.0. The van der Waals surface area contributed by atoms with Gasteiger partial charge in [0.2, 0.25) is 0 Å². The van der Waals surface area contributed by atoms with Crippen molar-refractivity contribution < 1.29 is 0 Å². The summed E-state index contributed by atoms with van der Waals surface area (Å²) in [5.41, 5.74) is 9.73. The molecule has 12 heavy (non-hydrogen) atoms. The van der Waals surface area contributed by atoms with Crippen LogP contribution in [0.25, 0.3) is 0 Å². The Balaban J connectivity index is 2.37. The van der Waals surface area contributed by atoms with Gasteiger partial charge in [-0.25, -0.2) is 0 Å². The summed E-state index contributed by atoms with van der Waals surface area (Å²) in [5, 5.41) is 12.1. The van der Waals surface area contributed by atoms with Crippen molar-refractivity contribution in [1.29, 1.82) is 5.26 Å². The SMILES string of the molecule is N#CC1=C(N)CC2=C1CNCC2. The molecule has 0 unspecified atom stereocenters. The van der Waals surface area contributed by atoms with Gasteiger partial charge in [0.1, 0.15) is 6.07 Å². The van der Waals surface area contributed by atoms with Crippen molar-refractivity contribution in [2.24, 2.45) is 5.73 Å². The predicted molar refractivity (Wildman–Crippen MR) is 46.0 cm³/mol. The van der Waals surface area contributed by atoms with E-state index in [2.05, 4.69) is 11.4 Å². The van der Waals surface area contributed by atoms with Gasteiger partial charge >= 0.3 is 0 Å². The van der Waals surface area contributed by atoms with Crippen LogP contribution < -0.4 is 11.1 Å². The highest BCUT2D eigenvalue weighted by Crippen LogP contribution is 2.32. The van der Waals surface area contributed by atoms with Crippen LogP contribution in [-0.2, 0) is 0 Å². The van der Waals surface area contributed by atoms with E-state index in [0.29, 0.717) is 0 Å². The summed E-state index contributed by atoms with van der Waals surface area (Å²) in [4.78, 5) is 0. The van der Waals surface area contributed by atoms with E-state index < -0.39 is 0 Å². The minimum Gasteiger partial charge on any atom is -0.401 e. The van der Waals surface area contributed by atoms with Crippen LogP contribution in [0.5, 0.6) is 0 Å². The molecule has 2 rings (SSSR count). The molecule has 0 aromatic heterocycles. The number of nitrogens with two attached hydrogens (primary N) is 1. The Morgan fingerprint density at radius 3 is 3.08 bits per heavy atom. The fourth-order valence-electron chi connectivity index (χ4n) is 1.84. The van der Waals surface area contributed by atoms with Crippen LogP contribution in [0.3, 0.4) is 0 Å². The highest BCUT2D eigenvalue weighted by Gasteiger charge is 2.24. The molecule has 0 saturated heterocycles. The van der Waals surface area contributed by atoms with Crippen molar-refractivity contribution in [1.82, 2.24) is 5.32 Å². The van der Waals surface area contributed by atoms with Crippen molar-refractivity contribution in [3.63, 3.8) is 0 Å². The van der Waals surface area contributed by atoms with Crippen LogP contribution in [0.15, 0.2) is 22.4 Å². The zero-order chi connectivity index (χ0) is 8.55. The molecular formula is C9H11N3. The second kappa shape index (κ2) is 2.65. The van der Waals surface area contributed by atoms with E-state index in [4.69, 9.17) is 11.0 Å². The maximum absolute atomic E-state index is 8.83. The third-order valence-corrected chi connectivity index (χ3v) is 2.47. The van der Waals surface area contributed by atoms with Gasteiger partial charge in [0.15, 0.2) is 0 Å². The maximum atomic E-state index is 8.83. The van der Waals surface area contributed by atoms with Crippen LogP contribution in [0.2, 0.25) is 0 Å². The minimum atomic E-state index is 0.720. The van der Waals surface area contributed by atoms with Gasteiger partial charge in [-0.3, -0.25) is 0 Å². The Labute approximate surface area is 71.6 Å². The first-order valence-electron chi connectivity index (χ1n) is 4.13. The molecule has 0 aromatic rings. The quantitative estimate of drug-likeness (QED) is 0.541. The smallest absolute Gasteiger partial charge is 0.101 e. The van der Waals surface area contributed by atoms with Crippen LogP contribution >= 0.6 is 0 Å². The van der Waals surface area contributed by atoms with Gasteiger partial charge in [-0.15, -0.1) is 0 Å². The van der Waals surface area contributed by atoms with Crippen molar-refractivity contribution in [3.05, 3.63) is 22.4 Å². The first-order chi connectivity index (χ1) is 5.83. The van der Waals surface area contributed by atoms with E-state index in [1.165, 1.54) is 5.57 Å². The molecule has 0 saturated carbocycles.